The summed E-state index contributed by atoms with van der Waals surface area (Å²) in [6, 6.07) is 8.33. The lowest BCUT2D eigenvalue weighted by atomic mass is 9.85. The second-order valence-corrected chi connectivity index (χ2v) is 11.0. The summed E-state index contributed by atoms with van der Waals surface area (Å²) in [5.74, 6) is 0.871. The minimum absolute atomic E-state index is 0.100. The number of thiophene rings is 1. The Morgan fingerprint density at radius 1 is 1.17 bits per heavy atom. The SMILES string of the molecule is COc1ccc(NC(=O)[C@@H](C)C2CCN(S(=O)(=O)c3ccc(Cl)s3)CC2)cc1OC. The predicted octanol–water partition coefficient (Wildman–Crippen LogP) is 4.09. The van der Waals surface area contributed by atoms with E-state index in [1.165, 1.54) is 17.5 Å². The molecule has 1 saturated heterocycles. The average Bonchev–Trinajstić information content (AvgIpc) is 3.20. The van der Waals surface area contributed by atoms with Crippen LogP contribution in [0.2, 0.25) is 4.34 Å². The Labute approximate surface area is 186 Å². The molecule has 1 N–H and O–H groups in total. The van der Waals surface area contributed by atoms with Crippen LogP contribution in [0.5, 0.6) is 11.5 Å². The van der Waals surface area contributed by atoms with Gasteiger partial charge in [0, 0.05) is 30.8 Å². The van der Waals surface area contributed by atoms with Crippen LogP contribution in [0, 0.1) is 11.8 Å². The number of benzene rings is 1. The molecule has 0 spiro atoms. The second kappa shape index (κ2) is 9.55. The van der Waals surface area contributed by atoms with Crippen molar-refractivity contribution < 1.29 is 22.7 Å². The first kappa shape index (κ1) is 22.9. The fraction of sp³-hybridized carbons (Fsp3) is 0.450. The van der Waals surface area contributed by atoms with Gasteiger partial charge in [0.2, 0.25) is 5.91 Å². The minimum Gasteiger partial charge on any atom is -0.493 e. The maximum Gasteiger partial charge on any atom is 0.252 e. The Bertz CT molecular complexity index is 1000. The summed E-state index contributed by atoms with van der Waals surface area (Å²) in [7, 11) is -0.439. The van der Waals surface area contributed by atoms with Gasteiger partial charge in [-0.2, -0.15) is 4.31 Å². The fourth-order valence-electron chi connectivity index (χ4n) is 3.56. The summed E-state index contributed by atoms with van der Waals surface area (Å²) in [5.41, 5.74) is 0.624. The van der Waals surface area contributed by atoms with Gasteiger partial charge in [-0.3, -0.25) is 4.79 Å². The highest BCUT2D eigenvalue weighted by Gasteiger charge is 2.34. The molecule has 1 fully saturated rings. The molecule has 0 aliphatic carbocycles. The van der Waals surface area contributed by atoms with E-state index >= 15 is 0 Å². The molecule has 30 heavy (non-hydrogen) atoms. The zero-order chi connectivity index (χ0) is 21.9. The molecule has 10 heteroatoms. The van der Waals surface area contributed by atoms with Crippen molar-refractivity contribution in [2.24, 2.45) is 11.8 Å². The van der Waals surface area contributed by atoms with Crippen LogP contribution in [0.3, 0.4) is 0 Å². The lowest BCUT2D eigenvalue weighted by molar-refractivity contribution is -0.121. The Balaban J connectivity index is 1.59. The molecule has 1 aliphatic heterocycles. The standard InChI is InChI=1S/C20H25ClN2O5S2/c1-13(20(24)22-15-4-5-16(27-2)17(12-15)28-3)14-8-10-23(11-9-14)30(25,26)19-7-6-18(21)29-19/h4-7,12-14H,8-11H2,1-3H3,(H,22,24)/t13-/m0/s1. The maximum atomic E-state index is 12.7. The molecule has 1 amide bonds. The predicted molar refractivity (Wildman–Crippen MR) is 118 cm³/mol. The number of nitrogens with zero attached hydrogens (tertiary/aromatic N) is 1. The van der Waals surface area contributed by atoms with E-state index in [9.17, 15) is 13.2 Å². The number of ether oxygens (including phenoxy) is 2. The largest absolute Gasteiger partial charge is 0.493 e. The number of amides is 1. The number of hydrogen-bond donors (Lipinski definition) is 1. The molecule has 0 radical (unpaired) electrons. The first-order valence-corrected chi connectivity index (χ1v) is 12.2. The van der Waals surface area contributed by atoms with Gasteiger partial charge in [-0.1, -0.05) is 18.5 Å². The van der Waals surface area contributed by atoms with E-state index < -0.39 is 10.0 Å². The van der Waals surface area contributed by atoms with E-state index in [4.69, 9.17) is 21.1 Å². The van der Waals surface area contributed by atoms with E-state index in [0.717, 1.165) is 11.3 Å². The summed E-state index contributed by atoms with van der Waals surface area (Å²) in [4.78, 5) is 12.7. The van der Waals surface area contributed by atoms with Crippen molar-refractivity contribution in [3.05, 3.63) is 34.7 Å². The number of methoxy groups -OCH3 is 2. The van der Waals surface area contributed by atoms with E-state index in [2.05, 4.69) is 5.32 Å². The van der Waals surface area contributed by atoms with Gasteiger partial charge in [0.05, 0.1) is 18.6 Å². The molecule has 2 heterocycles. The van der Waals surface area contributed by atoms with Crippen molar-refractivity contribution in [1.82, 2.24) is 4.31 Å². The summed E-state index contributed by atoms with van der Waals surface area (Å²) in [5, 5.41) is 2.92. The molecule has 1 aromatic carbocycles. The van der Waals surface area contributed by atoms with Crippen molar-refractivity contribution in [3.63, 3.8) is 0 Å². The number of halogens is 1. The van der Waals surface area contributed by atoms with Crippen molar-refractivity contribution in [1.29, 1.82) is 0 Å². The molecule has 0 bridgehead atoms. The van der Waals surface area contributed by atoms with Gasteiger partial charge in [-0.05, 0) is 43.0 Å². The third-order valence-corrected chi connectivity index (χ3v) is 9.01. The van der Waals surface area contributed by atoms with Crippen LogP contribution in [0.25, 0.3) is 0 Å². The third-order valence-electron chi connectivity index (χ3n) is 5.41. The smallest absolute Gasteiger partial charge is 0.252 e. The van der Waals surface area contributed by atoms with Gasteiger partial charge in [-0.25, -0.2) is 8.42 Å². The van der Waals surface area contributed by atoms with Crippen LogP contribution in [-0.2, 0) is 14.8 Å². The number of anilines is 1. The van der Waals surface area contributed by atoms with Gasteiger partial charge < -0.3 is 14.8 Å². The van der Waals surface area contributed by atoms with Crippen molar-refractivity contribution >= 4 is 44.6 Å². The fourth-order valence-corrected chi connectivity index (χ4v) is 6.67. The number of carbonyl (C=O) groups excluding carboxylic acids is 1. The van der Waals surface area contributed by atoms with Gasteiger partial charge in [0.15, 0.2) is 11.5 Å². The van der Waals surface area contributed by atoms with Crippen molar-refractivity contribution in [2.75, 3.05) is 32.6 Å². The summed E-state index contributed by atoms with van der Waals surface area (Å²) in [6.45, 7) is 2.65. The summed E-state index contributed by atoms with van der Waals surface area (Å²) in [6.07, 6.45) is 1.25. The number of rotatable bonds is 7. The molecule has 164 valence electrons. The van der Waals surface area contributed by atoms with Gasteiger partial charge in [0.25, 0.3) is 10.0 Å². The Hall–Kier alpha value is -1.81. The molecular formula is C20H25ClN2O5S2. The molecule has 1 aliphatic rings. The summed E-state index contributed by atoms with van der Waals surface area (Å²) >= 11 is 6.94. The first-order valence-electron chi connectivity index (χ1n) is 9.54. The lowest BCUT2D eigenvalue weighted by Gasteiger charge is -2.33. The van der Waals surface area contributed by atoms with Crippen LogP contribution in [0.4, 0.5) is 5.69 Å². The Kier molecular flexibility index (Phi) is 7.28. The highest BCUT2D eigenvalue weighted by Crippen LogP contribution is 2.33. The molecule has 3 rings (SSSR count). The zero-order valence-corrected chi connectivity index (χ0v) is 19.4. The number of piperidine rings is 1. The number of hydrogen-bond acceptors (Lipinski definition) is 6. The molecule has 0 saturated carbocycles. The van der Waals surface area contributed by atoms with Crippen LogP contribution in [0.15, 0.2) is 34.5 Å². The lowest BCUT2D eigenvalue weighted by Crippen LogP contribution is -2.41. The second-order valence-electron chi connectivity index (χ2n) is 7.15. The normalized spacial score (nSPS) is 16.8. The van der Waals surface area contributed by atoms with Gasteiger partial charge in [0.1, 0.15) is 4.21 Å². The minimum atomic E-state index is -3.53. The third kappa shape index (κ3) is 4.91. The molecule has 7 nitrogen and oxygen atoms in total. The van der Waals surface area contributed by atoms with Crippen LogP contribution in [0.1, 0.15) is 19.8 Å². The van der Waals surface area contributed by atoms with E-state index in [1.807, 2.05) is 6.92 Å². The quantitative estimate of drug-likeness (QED) is 0.655. The van der Waals surface area contributed by atoms with E-state index in [-0.39, 0.29) is 22.0 Å². The number of carbonyl (C=O) groups is 1. The molecule has 2 aromatic rings. The topological polar surface area (TPSA) is 84.9 Å². The number of sulfonamides is 1. The van der Waals surface area contributed by atoms with Crippen molar-refractivity contribution in [2.45, 2.75) is 24.0 Å². The first-order chi connectivity index (χ1) is 14.3. The number of nitrogens with one attached hydrogen (secondary N) is 1. The highest BCUT2D eigenvalue weighted by molar-refractivity contribution is 7.91. The van der Waals surface area contributed by atoms with Crippen molar-refractivity contribution in [3.8, 4) is 11.5 Å². The van der Waals surface area contributed by atoms with Crippen LogP contribution in [-0.4, -0.2) is 45.9 Å². The van der Waals surface area contributed by atoms with E-state index in [0.29, 0.717) is 47.5 Å². The van der Waals surface area contributed by atoms with E-state index in [1.54, 1.807) is 31.4 Å². The molecule has 1 aromatic heterocycles. The molecular weight excluding hydrogens is 448 g/mol. The van der Waals surface area contributed by atoms with Crippen LogP contribution < -0.4 is 14.8 Å². The highest BCUT2D eigenvalue weighted by atomic mass is 35.5. The van der Waals surface area contributed by atoms with Crippen LogP contribution >= 0.6 is 22.9 Å². The average molecular weight is 473 g/mol. The van der Waals surface area contributed by atoms with Gasteiger partial charge >= 0.3 is 0 Å². The zero-order valence-electron chi connectivity index (χ0n) is 17.1. The summed E-state index contributed by atoms with van der Waals surface area (Å²) < 4.78 is 38.1. The Morgan fingerprint density at radius 3 is 2.40 bits per heavy atom. The Morgan fingerprint density at radius 2 is 1.83 bits per heavy atom. The maximum absolute atomic E-state index is 12.7. The molecule has 1 atom stereocenters. The van der Waals surface area contributed by atoms with Gasteiger partial charge in [-0.15, -0.1) is 11.3 Å². The monoisotopic (exact) mass is 472 g/mol. The molecule has 0 unspecified atom stereocenters.